The van der Waals surface area contributed by atoms with Gasteiger partial charge >= 0.3 is 233 Å². The Balaban J connectivity index is 0.000000176. The number of hydrogen-bond donors (Lipinski definition) is 0. The number of ether oxygens (including phenoxy) is 1. The average Bonchev–Trinajstić information content (AvgIpc) is 4.20. The van der Waals surface area contributed by atoms with Crippen molar-refractivity contribution in [3.8, 4) is 5.75 Å². The minimum atomic E-state index is -2.05. The van der Waals surface area contributed by atoms with E-state index < -0.39 is 32.0 Å². The molecule has 0 aromatic heterocycles. The van der Waals surface area contributed by atoms with Crippen LogP contribution in [-0.2, 0) is 27.0 Å². The zero-order valence-electron chi connectivity index (χ0n) is 49.0. The van der Waals surface area contributed by atoms with Gasteiger partial charge in [0.2, 0.25) is 0 Å². The molecule has 9 nitrogen and oxygen atoms in total. The van der Waals surface area contributed by atoms with Gasteiger partial charge in [0.15, 0.2) is 0 Å². The van der Waals surface area contributed by atoms with Gasteiger partial charge in [-0.05, 0) is 128 Å². The van der Waals surface area contributed by atoms with Gasteiger partial charge in [0, 0.05) is 48.9 Å². The van der Waals surface area contributed by atoms with Gasteiger partial charge in [-0.1, -0.05) is 70.8 Å². The summed E-state index contributed by atoms with van der Waals surface area (Å²) < 4.78 is 9.10. The summed E-state index contributed by atoms with van der Waals surface area (Å²) in [6.07, 6.45) is 1.82. The maximum atomic E-state index is 10.7. The third-order valence-electron chi connectivity index (χ3n) is 13.5. The van der Waals surface area contributed by atoms with Crippen LogP contribution in [-0.4, -0.2) is 52.6 Å². The van der Waals surface area contributed by atoms with Gasteiger partial charge in [-0.15, -0.1) is 0 Å². The fourth-order valence-electron chi connectivity index (χ4n) is 10.8. The van der Waals surface area contributed by atoms with Gasteiger partial charge < -0.3 is 19.6 Å². The number of benzene rings is 7. The molecule has 2 aliphatic heterocycles. The molecule has 2 saturated heterocycles. The summed E-state index contributed by atoms with van der Waals surface area (Å²) in [5.74, 6) is 0.561. The number of halogens is 4. The molecular weight excluding hydrogens is 1270 g/mol. The van der Waals surface area contributed by atoms with E-state index in [0.717, 1.165) is 43.0 Å². The van der Waals surface area contributed by atoms with Gasteiger partial charge in [-0.3, -0.25) is 0 Å². The topological polar surface area (TPSA) is 77.7 Å². The zero-order chi connectivity index (χ0) is 59.2. The molecule has 7 aromatic carbocycles. The number of aryl methyl sites for hydroxylation is 12. The van der Waals surface area contributed by atoms with Crippen molar-refractivity contribution in [2.24, 2.45) is 4.99 Å². The summed E-state index contributed by atoms with van der Waals surface area (Å²) in [6.45, 7) is 38.9. The second-order valence-corrected chi connectivity index (χ2v) is 32.4. The summed E-state index contributed by atoms with van der Waals surface area (Å²) >= 11 is -3.85. The molecule has 0 N–H and O–H groups in total. The van der Waals surface area contributed by atoms with Crippen molar-refractivity contribution >= 4 is 88.3 Å². The van der Waals surface area contributed by atoms with Crippen LogP contribution >= 0.6 is 38.8 Å². The normalized spacial score (nSPS) is 13.3. The molecule has 0 unspecified atom stereocenters. The summed E-state index contributed by atoms with van der Waals surface area (Å²) in [5, 5.41) is 10.7. The van der Waals surface area contributed by atoms with E-state index in [1.807, 2.05) is 79.3 Å². The fraction of sp³-hybridized carbons (Fsp3) is 0.288. The molecular formula is C66H76Cl4N6O3Ru2-2. The number of para-hydroxylation sites is 1. The van der Waals surface area contributed by atoms with Crippen molar-refractivity contribution in [3.05, 3.63) is 228 Å². The number of nitrogens with zero attached hydrogens (tertiary/aromatic N) is 6. The van der Waals surface area contributed by atoms with E-state index in [9.17, 15) is 10.1 Å². The third-order valence-corrected chi connectivity index (χ3v) is 17.1. The van der Waals surface area contributed by atoms with E-state index in [2.05, 4.69) is 170 Å². The summed E-state index contributed by atoms with van der Waals surface area (Å²) in [5.41, 5.74) is 25.2. The predicted octanol–water partition coefficient (Wildman–Crippen LogP) is 17.9. The van der Waals surface area contributed by atoms with Crippen LogP contribution in [0.4, 0.5) is 34.1 Å². The van der Waals surface area contributed by atoms with Gasteiger partial charge in [0.05, 0.1) is 0 Å². The van der Waals surface area contributed by atoms with Gasteiger partial charge in [0.25, 0.3) is 0 Å². The molecule has 2 heterocycles. The van der Waals surface area contributed by atoms with E-state index in [0.29, 0.717) is 11.3 Å². The van der Waals surface area contributed by atoms with Gasteiger partial charge in [-0.25, -0.2) is 0 Å². The van der Waals surface area contributed by atoms with Crippen LogP contribution < -0.4 is 24.3 Å². The number of nitro benzene ring substituents is 1. The number of aliphatic imine (C=N–C) groups is 1. The fourth-order valence-corrected chi connectivity index (χ4v) is 14.4. The van der Waals surface area contributed by atoms with Crippen LogP contribution in [0.2, 0.25) is 0 Å². The molecule has 0 spiro atoms. The number of non-ortho nitro benzene ring substituents is 1. The number of rotatable bonds is 11. The van der Waals surface area contributed by atoms with Crippen LogP contribution in [0.15, 0.2) is 126 Å². The van der Waals surface area contributed by atoms with Crippen molar-refractivity contribution in [1.29, 1.82) is 0 Å². The third kappa shape index (κ3) is 18.6. The molecule has 434 valence electrons. The van der Waals surface area contributed by atoms with Gasteiger partial charge in [0.1, 0.15) is 0 Å². The zero-order valence-corrected chi connectivity index (χ0v) is 55.5. The SMILES string of the molecule is CC(C)Oc1ccc([N+](=O)[O-])cc1[CH]=[Ru]([Cl])[Cl].Cc1cc(C)c(N2[CH-]N(c3c(C)cc(C)cc3C)CC2)c(C)c1.Cc1cc(C)c(N2[CH-]N(c3c(C)cc(C)cc3C)CC2)c(C)c1.[Cl][Ru]([Cl])=[CH]c1ccccc1C=Nc1ccccc1. The molecule has 0 bridgehead atoms. The molecule has 0 amide bonds. The molecule has 7 aromatic rings. The Labute approximate surface area is 508 Å². The van der Waals surface area contributed by atoms with Crippen LogP contribution in [0, 0.1) is 107 Å². The number of anilines is 4. The second kappa shape index (κ2) is 30.4. The van der Waals surface area contributed by atoms with E-state index >= 15 is 0 Å². The van der Waals surface area contributed by atoms with Crippen molar-refractivity contribution < 1.29 is 36.7 Å². The second-order valence-electron chi connectivity index (χ2n) is 21.0. The first-order valence-electron chi connectivity index (χ1n) is 26.8. The van der Waals surface area contributed by atoms with E-state index in [4.69, 9.17) is 43.5 Å². The molecule has 9 rings (SSSR count). The monoisotopic (exact) mass is 1340 g/mol. The van der Waals surface area contributed by atoms with Crippen LogP contribution in [0.5, 0.6) is 5.75 Å². The van der Waals surface area contributed by atoms with Crippen molar-refractivity contribution in [2.75, 3.05) is 45.8 Å². The minimum absolute atomic E-state index is 0.00360. The number of nitro groups is 1. The van der Waals surface area contributed by atoms with Crippen molar-refractivity contribution in [2.45, 2.75) is 103 Å². The van der Waals surface area contributed by atoms with Crippen molar-refractivity contribution in [3.63, 3.8) is 0 Å². The molecule has 0 atom stereocenters. The van der Waals surface area contributed by atoms with Crippen molar-refractivity contribution in [1.82, 2.24) is 0 Å². The van der Waals surface area contributed by atoms with E-state index in [-0.39, 0.29) is 11.8 Å². The molecule has 2 fully saturated rings. The van der Waals surface area contributed by atoms with Gasteiger partial charge in [-0.2, -0.15) is 13.3 Å². The summed E-state index contributed by atoms with van der Waals surface area (Å²) in [7, 11) is 23.4. The quantitative estimate of drug-likeness (QED) is 0.0420. The first kappa shape index (κ1) is 64.9. The first-order valence-corrected chi connectivity index (χ1v) is 37.7. The summed E-state index contributed by atoms with van der Waals surface area (Å²) in [6, 6.07) is 40.4. The Morgan fingerprint density at radius 1 is 0.494 bits per heavy atom. The predicted molar refractivity (Wildman–Crippen MR) is 343 cm³/mol. The first-order chi connectivity index (χ1) is 38.4. The molecule has 0 saturated carbocycles. The van der Waals surface area contributed by atoms with E-state index in [1.165, 1.54) is 102 Å². The van der Waals surface area contributed by atoms with Crippen LogP contribution in [0.1, 0.15) is 97.3 Å². The van der Waals surface area contributed by atoms with Crippen LogP contribution in [0.3, 0.4) is 0 Å². The molecule has 0 radical (unpaired) electrons. The summed E-state index contributed by atoms with van der Waals surface area (Å²) in [4.78, 5) is 24.3. The van der Waals surface area contributed by atoms with Crippen LogP contribution in [0.25, 0.3) is 0 Å². The molecule has 0 aliphatic carbocycles. The Kier molecular flexibility index (Phi) is 24.3. The molecule has 2 aliphatic rings. The molecule has 81 heavy (non-hydrogen) atoms. The standard InChI is InChI=1S/2C21H27N2.C14H11N.C10H11NO3.4ClH.2Ru/c2*1-14-9-16(3)20(17(4)10-14)22-7-8-23(13-22)21-18(5)11-15(2)12-19(21)6;1-12-7-5-6-8-13(12)11-15-14-9-3-2-4-10-14;1-7(2)14-10-5-4-9(11(12)13)6-8(10)3;;;;;;/h2*9-13H,7-8H2,1-6H3;1-11H;3-7H,1-2H3;4*1H;;/q2*-1;;;;;;;2*+2/p-4. The number of hydrogen-bond acceptors (Lipinski definition) is 8. The Morgan fingerprint density at radius 3 is 1.16 bits per heavy atom. The molecule has 15 heteroatoms. The van der Waals surface area contributed by atoms with E-state index in [1.54, 1.807) is 10.7 Å². The maximum absolute atomic E-state index is 10.7. The Bertz CT molecular complexity index is 3090. The average molecular weight is 1350 g/mol. The Morgan fingerprint density at radius 2 is 0.827 bits per heavy atom. The Hall–Kier alpha value is -5.24.